The highest BCUT2D eigenvalue weighted by molar-refractivity contribution is 5.69. The number of nitrogens with zero attached hydrogens (tertiary/aromatic N) is 2. The van der Waals surface area contributed by atoms with Crippen molar-refractivity contribution in [2.45, 2.75) is 13.8 Å². The molecule has 5 heteroatoms. The average molecular weight is 219 g/mol. The Morgan fingerprint density at radius 2 is 2.12 bits per heavy atom. The third kappa shape index (κ3) is 1.50. The van der Waals surface area contributed by atoms with Gasteiger partial charge in [0.15, 0.2) is 0 Å². The summed E-state index contributed by atoms with van der Waals surface area (Å²) in [5.74, 6) is 0.718. The summed E-state index contributed by atoms with van der Waals surface area (Å²) < 4.78 is 6.54. The molecule has 84 valence electrons. The molecular weight excluding hydrogens is 206 g/mol. The van der Waals surface area contributed by atoms with E-state index in [1.54, 1.807) is 19.3 Å². The van der Waals surface area contributed by atoms with Crippen molar-refractivity contribution in [3.63, 3.8) is 0 Å². The van der Waals surface area contributed by atoms with Crippen molar-refractivity contribution in [1.29, 1.82) is 0 Å². The molecule has 16 heavy (non-hydrogen) atoms. The molecule has 0 fully saturated rings. The second-order valence-corrected chi connectivity index (χ2v) is 3.80. The van der Waals surface area contributed by atoms with Crippen LogP contribution in [-0.4, -0.2) is 9.72 Å². The SMILES string of the molecule is Cc1noc(C)c1-c1cc(N)c(=O)n(C)c1. The van der Waals surface area contributed by atoms with E-state index in [1.807, 2.05) is 13.8 Å². The van der Waals surface area contributed by atoms with E-state index >= 15 is 0 Å². The fraction of sp³-hybridized carbons (Fsp3) is 0.273. The van der Waals surface area contributed by atoms with Gasteiger partial charge >= 0.3 is 0 Å². The molecule has 0 saturated heterocycles. The van der Waals surface area contributed by atoms with Crippen LogP contribution in [0, 0.1) is 13.8 Å². The number of hydrogen-bond donors (Lipinski definition) is 1. The fourth-order valence-electron chi connectivity index (χ4n) is 1.77. The van der Waals surface area contributed by atoms with Gasteiger partial charge in [-0.1, -0.05) is 5.16 Å². The quantitative estimate of drug-likeness (QED) is 0.783. The second kappa shape index (κ2) is 3.52. The predicted molar refractivity (Wildman–Crippen MR) is 61.1 cm³/mol. The van der Waals surface area contributed by atoms with Crippen LogP contribution in [0.25, 0.3) is 11.1 Å². The van der Waals surface area contributed by atoms with Gasteiger partial charge in [0, 0.05) is 24.4 Å². The number of hydrogen-bond acceptors (Lipinski definition) is 4. The molecule has 2 aromatic rings. The number of aryl methyl sites for hydroxylation is 3. The maximum atomic E-state index is 11.5. The van der Waals surface area contributed by atoms with E-state index < -0.39 is 0 Å². The van der Waals surface area contributed by atoms with Crippen molar-refractivity contribution >= 4 is 5.69 Å². The minimum atomic E-state index is -0.199. The van der Waals surface area contributed by atoms with Crippen LogP contribution in [0.2, 0.25) is 0 Å². The van der Waals surface area contributed by atoms with Crippen LogP contribution in [-0.2, 0) is 7.05 Å². The molecule has 0 unspecified atom stereocenters. The molecule has 5 nitrogen and oxygen atoms in total. The van der Waals surface area contributed by atoms with Crippen LogP contribution >= 0.6 is 0 Å². The Hall–Kier alpha value is -2.04. The number of rotatable bonds is 1. The lowest BCUT2D eigenvalue weighted by molar-refractivity contribution is 0.393. The molecular formula is C11H13N3O2. The molecule has 0 bridgehead atoms. The number of anilines is 1. The largest absolute Gasteiger partial charge is 0.394 e. The van der Waals surface area contributed by atoms with Crippen molar-refractivity contribution in [2.24, 2.45) is 7.05 Å². The Bertz CT molecular complexity index is 550. The first-order valence-electron chi connectivity index (χ1n) is 4.90. The fourth-order valence-corrected chi connectivity index (χ4v) is 1.77. The van der Waals surface area contributed by atoms with Crippen LogP contribution in [0.4, 0.5) is 5.69 Å². The molecule has 2 aromatic heterocycles. The van der Waals surface area contributed by atoms with Crippen molar-refractivity contribution in [3.05, 3.63) is 34.1 Å². The highest BCUT2D eigenvalue weighted by Crippen LogP contribution is 2.26. The highest BCUT2D eigenvalue weighted by Gasteiger charge is 2.13. The van der Waals surface area contributed by atoms with Crippen LogP contribution in [0.1, 0.15) is 11.5 Å². The minimum Gasteiger partial charge on any atom is -0.394 e. The predicted octanol–water partition coefficient (Wildman–Crippen LogP) is 1.24. The topological polar surface area (TPSA) is 74.1 Å². The van der Waals surface area contributed by atoms with E-state index in [1.165, 1.54) is 4.57 Å². The molecule has 0 saturated carbocycles. The van der Waals surface area contributed by atoms with Crippen LogP contribution in [0.15, 0.2) is 21.6 Å². The van der Waals surface area contributed by atoms with Gasteiger partial charge in [-0.3, -0.25) is 4.79 Å². The van der Waals surface area contributed by atoms with Crippen molar-refractivity contribution in [1.82, 2.24) is 9.72 Å². The normalized spacial score (nSPS) is 10.7. The number of aromatic nitrogens is 2. The van der Waals surface area contributed by atoms with Gasteiger partial charge in [-0.15, -0.1) is 0 Å². The summed E-state index contributed by atoms with van der Waals surface area (Å²) in [5, 5.41) is 3.87. The van der Waals surface area contributed by atoms with Crippen molar-refractivity contribution in [2.75, 3.05) is 5.73 Å². The van der Waals surface area contributed by atoms with Gasteiger partial charge in [-0.05, 0) is 19.9 Å². The maximum Gasteiger partial charge on any atom is 0.273 e. The van der Waals surface area contributed by atoms with E-state index in [0.717, 1.165) is 22.6 Å². The molecule has 0 aliphatic heterocycles. The number of nitrogens with two attached hydrogens (primary N) is 1. The Kier molecular flexibility index (Phi) is 2.30. The summed E-state index contributed by atoms with van der Waals surface area (Å²) in [6, 6.07) is 1.65. The van der Waals surface area contributed by atoms with Gasteiger partial charge in [-0.2, -0.15) is 0 Å². The minimum absolute atomic E-state index is 0.199. The molecule has 2 heterocycles. The van der Waals surface area contributed by atoms with Gasteiger partial charge in [0.2, 0.25) is 0 Å². The molecule has 0 aromatic carbocycles. The lowest BCUT2D eigenvalue weighted by Gasteiger charge is -2.05. The van der Waals surface area contributed by atoms with Crippen molar-refractivity contribution < 1.29 is 4.52 Å². The van der Waals surface area contributed by atoms with Crippen molar-refractivity contribution in [3.8, 4) is 11.1 Å². The monoisotopic (exact) mass is 219 g/mol. The van der Waals surface area contributed by atoms with E-state index in [0.29, 0.717) is 0 Å². The first kappa shape index (κ1) is 10.5. The zero-order valence-electron chi connectivity index (χ0n) is 9.44. The number of nitrogen functional groups attached to an aromatic ring is 1. The molecule has 0 radical (unpaired) electrons. The third-order valence-electron chi connectivity index (χ3n) is 2.53. The Balaban J connectivity index is 2.71. The van der Waals surface area contributed by atoms with Crippen LogP contribution < -0.4 is 11.3 Å². The van der Waals surface area contributed by atoms with E-state index in [-0.39, 0.29) is 11.2 Å². The lowest BCUT2D eigenvalue weighted by atomic mass is 10.1. The summed E-state index contributed by atoms with van der Waals surface area (Å²) in [7, 11) is 1.67. The van der Waals surface area contributed by atoms with Gasteiger partial charge in [0.25, 0.3) is 5.56 Å². The van der Waals surface area contributed by atoms with Gasteiger partial charge in [0.05, 0.1) is 11.4 Å². The molecule has 0 amide bonds. The van der Waals surface area contributed by atoms with E-state index in [9.17, 15) is 4.79 Å². The Morgan fingerprint density at radius 1 is 1.44 bits per heavy atom. The van der Waals surface area contributed by atoms with Gasteiger partial charge in [0.1, 0.15) is 5.76 Å². The second-order valence-electron chi connectivity index (χ2n) is 3.80. The summed E-state index contributed by atoms with van der Waals surface area (Å²) in [6.07, 6.45) is 1.73. The molecule has 2 rings (SSSR count). The summed E-state index contributed by atoms with van der Waals surface area (Å²) in [4.78, 5) is 11.5. The third-order valence-corrected chi connectivity index (χ3v) is 2.53. The molecule has 0 aliphatic rings. The van der Waals surface area contributed by atoms with E-state index in [4.69, 9.17) is 10.3 Å². The first-order valence-corrected chi connectivity index (χ1v) is 4.90. The number of pyridine rings is 1. The average Bonchev–Trinajstić information content (AvgIpc) is 2.54. The lowest BCUT2D eigenvalue weighted by Crippen LogP contribution is -2.19. The summed E-state index contributed by atoms with van der Waals surface area (Å²) in [5.41, 5.74) is 8.19. The van der Waals surface area contributed by atoms with Gasteiger partial charge < -0.3 is 14.8 Å². The molecule has 0 atom stereocenters. The zero-order valence-corrected chi connectivity index (χ0v) is 9.44. The standard InChI is InChI=1S/C11H13N3O2/c1-6-10(7(2)16-13-6)8-4-9(12)11(15)14(3)5-8/h4-5H,12H2,1-3H3. The Labute approximate surface area is 92.5 Å². The molecule has 2 N–H and O–H groups in total. The Morgan fingerprint density at radius 3 is 2.62 bits per heavy atom. The zero-order chi connectivity index (χ0) is 11.9. The molecule has 0 spiro atoms. The van der Waals surface area contributed by atoms with Crippen LogP contribution in [0.3, 0.4) is 0 Å². The summed E-state index contributed by atoms with van der Waals surface area (Å²) >= 11 is 0. The smallest absolute Gasteiger partial charge is 0.273 e. The van der Waals surface area contributed by atoms with Crippen LogP contribution in [0.5, 0.6) is 0 Å². The first-order chi connectivity index (χ1) is 7.50. The molecule has 0 aliphatic carbocycles. The van der Waals surface area contributed by atoms with E-state index in [2.05, 4.69) is 5.16 Å². The maximum absolute atomic E-state index is 11.5. The highest BCUT2D eigenvalue weighted by atomic mass is 16.5. The summed E-state index contributed by atoms with van der Waals surface area (Å²) in [6.45, 7) is 3.68. The van der Waals surface area contributed by atoms with Gasteiger partial charge in [-0.25, -0.2) is 0 Å².